The lowest BCUT2D eigenvalue weighted by molar-refractivity contribution is 0.266. The van der Waals surface area contributed by atoms with Crippen molar-refractivity contribution in [2.45, 2.75) is 64.8 Å². The smallest absolute Gasteiger partial charge is 0.119 e. The van der Waals surface area contributed by atoms with Crippen LogP contribution in [0.2, 0.25) is 0 Å². The zero-order chi connectivity index (χ0) is 15.2. The maximum absolute atomic E-state index is 5.46. The minimum Gasteiger partial charge on any atom is -0.497 e. The van der Waals surface area contributed by atoms with Gasteiger partial charge in [-0.05, 0) is 60.9 Å². The van der Waals surface area contributed by atoms with E-state index in [-0.39, 0.29) is 0 Å². The van der Waals surface area contributed by atoms with E-state index < -0.39 is 0 Å². The molecule has 21 heavy (non-hydrogen) atoms. The highest BCUT2D eigenvalue weighted by molar-refractivity contribution is 5.41. The van der Waals surface area contributed by atoms with E-state index in [1.165, 1.54) is 43.2 Å². The predicted molar refractivity (Wildman–Crippen MR) is 90.2 cm³/mol. The van der Waals surface area contributed by atoms with Crippen molar-refractivity contribution in [2.24, 2.45) is 5.92 Å². The minimum absolute atomic E-state index is 0.620. The first-order valence-corrected chi connectivity index (χ1v) is 8.65. The van der Waals surface area contributed by atoms with Crippen molar-refractivity contribution in [1.82, 2.24) is 5.32 Å². The van der Waals surface area contributed by atoms with Crippen LogP contribution in [-0.2, 0) is 6.42 Å². The minimum atomic E-state index is 0.620. The molecule has 1 N–H and O–H groups in total. The summed E-state index contributed by atoms with van der Waals surface area (Å²) in [4.78, 5) is 0. The number of methoxy groups -OCH3 is 1. The van der Waals surface area contributed by atoms with Gasteiger partial charge >= 0.3 is 0 Å². The predicted octanol–water partition coefficient (Wildman–Crippen LogP) is 4.53. The van der Waals surface area contributed by atoms with Crippen molar-refractivity contribution in [2.75, 3.05) is 13.7 Å². The topological polar surface area (TPSA) is 21.3 Å². The van der Waals surface area contributed by atoms with E-state index in [1.54, 1.807) is 7.11 Å². The third kappa shape index (κ3) is 3.60. The Balaban J connectivity index is 2.35. The number of hydrogen-bond acceptors (Lipinski definition) is 2. The number of ether oxygens (including phenoxy) is 1. The van der Waals surface area contributed by atoms with E-state index in [4.69, 9.17) is 4.74 Å². The van der Waals surface area contributed by atoms with Crippen molar-refractivity contribution in [3.63, 3.8) is 0 Å². The third-order valence-corrected chi connectivity index (χ3v) is 4.93. The lowest BCUT2D eigenvalue weighted by atomic mass is 9.70. The van der Waals surface area contributed by atoms with Gasteiger partial charge in [-0.15, -0.1) is 0 Å². The summed E-state index contributed by atoms with van der Waals surface area (Å²) in [5, 5.41) is 3.84. The summed E-state index contributed by atoms with van der Waals surface area (Å²) in [5.41, 5.74) is 3.06. The van der Waals surface area contributed by atoms with Gasteiger partial charge in [0.15, 0.2) is 0 Å². The molecule has 1 aromatic carbocycles. The summed E-state index contributed by atoms with van der Waals surface area (Å²) in [5.74, 6) is 2.39. The summed E-state index contributed by atoms with van der Waals surface area (Å²) >= 11 is 0. The van der Waals surface area contributed by atoms with Gasteiger partial charge in [-0.2, -0.15) is 0 Å². The van der Waals surface area contributed by atoms with E-state index >= 15 is 0 Å². The second kappa shape index (κ2) is 7.84. The molecule has 118 valence electrons. The zero-order valence-corrected chi connectivity index (χ0v) is 14.1. The van der Waals surface area contributed by atoms with Gasteiger partial charge in [0.05, 0.1) is 7.11 Å². The van der Waals surface area contributed by atoms with E-state index in [0.717, 1.165) is 18.2 Å². The van der Waals surface area contributed by atoms with Gasteiger partial charge in [0, 0.05) is 6.04 Å². The molecule has 1 aliphatic carbocycles. The van der Waals surface area contributed by atoms with Gasteiger partial charge in [-0.1, -0.05) is 39.7 Å². The van der Waals surface area contributed by atoms with Gasteiger partial charge in [0.25, 0.3) is 0 Å². The average Bonchev–Trinajstić information content (AvgIpc) is 2.53. The molecule has 3 atom stereocenters. The Kier molecular flexibility index (Phi) is 6.10. The molecule has 3 unspecified atom stereocenters. The van der Waals surface area contributed by atoms with Crippen LogP contribution in [0.4, 0.5) is 0 Å². The van der Waals surface area contributed by atoms with Gasteiger partial charge in [0.1, 0.15) is 5.75 Å². The van der Waals surface area contributed by atoms with Gasteiger partial charge < -0.3 is 10.1 Å². The van der Waals surface area contributed by atoms with Crippen LogP contribution in [0.15, 0.2) is 18.2 Å². The summed E-state index contributed by atoms with van der Waals surface area (Å²) in [6, 6.07) is 7.31. The van der Waals surface area contributed by atoms with Crippen LogP contribution in [0.3, 0.4) is 0 Å². The fraction of sp³-hybridized carbons (Fsp3) is 0.684. The van der Waals surface area contributed by atoms with Crippen LogP contribution in [-0.4, -0.2) is 19.7 Å². The maximum Gasteiger partial charge on any atom is 0.119 e. The molecule has 0 saturated carbocycles. The highest BCUT2D eigenvalue weighted by Gasteiger charge is 2.35. The molecular formula is C19H31NO. The lowest BCUT2D eigenvalue weighted by Gasteiger charge is -2.40. The number of benzene rings is 1. The molecule has 2 rings (SSSR count). The Morgan fingerprint density at radius 1 is 1.19 bits per heavy atom. The van der Waals surface area contributed by atoms with Crippen LogP contribution in [0, 0.1) is 5.92 Å². The monoisotopic (exact) mass is 289 g/mol. The summed E-state index contributed by atoms with van der Waals surface area (Å²) in [7, 11) is 1.76. The molecule has 0 heterocycles. The molecule has 0 amide bonds. The summed E-state index contributed by atoms with van der Waals surface area (Å²) in [6.45, 7) is 8.01. The second-order valence-electron chi connectivity index (χ2n) is 6.31. The number of nitrogens with one attached hydrogen (secondary N) is 1. The van der Waals surface area contributed by atoms with Crippen molar-refractivity contribution in [3.8, 4) is 5.75 Å². The molecule has 1 aliphatic rings. The second-order valence-corrected chi connectivity index (χ2v) is 6.31. The quantitative estimate of drug-likeness (QED) is 0.796. The summed E-state index contributed by atoms with van der Waals surface area (Å²) < 4.78 is 5.46. The molecule has 2 heteroatoms. The fourth-order valence-corrected chi connectivity index (χ4v) is 3.83. The molecule has 0 radical (unpaired) electrons. The van der Waals surface area contributed by atoms with Crippen LogP contribution in [0.1, 0.15) is 63.5 Å². The Morgan fingerprint density at radius 3 is 2.62 bits per heavy atom. The Morgan fingerprint density at radius 2 is 2.00 bits per heavy atom. The molecule has 0 aromatic heterocycles. The SMILES string of the molecule is CCCNC1C(CC)Cc2ccc(OC)cc2C1CCC. The van der Waals surface area contributed by atoms with Crippen molar-refractivity contribution in [3.05, 3.63) is 29.3 Å². The van der Waals surface area contributed by atoms with Crippen molar-refractivity contribution < 1.29 is 4.74 Å². The highest BCUT2D eigenvalue weighted by Crippen LogP contribution is 2.40. The molecule has 0 spiro atoms. The highest BCUT2D eigenvalue weighted by atomic mass is 16.5. The first-order chi connectivity index (χ1) is 10.2. The van der Waals surface area contributed by atoms with Crippen molar-refractivity contribution in [1.29, 1.82) is 0 Å². The fourth-order valence-electron chi connectivity index (χ4n) is 3.83. The molecule has 1 aromatic rings. The molecule has 2 nitrogen and oxygen atoms in total. The number of hydrogen-bond donors (Lipinski definition) is 1. The van der Waals surface area contributed by atoms with Gasteiger partial charge in [-0.25, -0.2) is 0 Å². The van der Waals surface area contributed by atoms with Crippen LogP contribution < -0.4 is 10.1 Å². The van der Waals surface area contributed by atoms with E-state index in [2.05, 4.69) is 44.3 Å². The largest absolute Gasteiger partial charge is 0.497 e. The first kappa shape index (κ1) is 16.4. The Bertz CT molecular complexity index is 443. The average molecular weight is 289 g/mol. The molecule has 0 saturated heterocycles. The van der Waals surface area contributed by atoms with Crippen LogP contribution in [0.5, 0.6) is 5.75 Å². The number of fused-ring (bicyclic) bond motifs is 1. The molecule has 0 bridgehead atoms. The Hall–Kier alpha value is -1.02. The van der Waals surface area contributed by atoms with Crippen LogP contribution in [0.25, 0.3) is 0 Å². The molecular weight excluding hydrogens is 258 g/mol. The lowest BCUT2D eigenvalue weighted by Crippen LogP contribution is -2.45. The van der Waals surface area contributed by atoms with Crippen LogP contribution >= 0.6 is 0 Å². The van der Waals surface area contributed by atoms with Crippen molar-refractivity contribution >= 4 is 0 Å². The zero-order valence-electron chi connectivity index (χ0n) is 14.1. The molecule has 0 aliphatic heterocycles. The van der Waals surface area contributed by atoms with Gasteiger partial charge in [0.2, 0.25) is 0 Å². The van der Waals surface area contributed by atoms with Gasteiger partial charge in [-0.3, -0.25) is 0 Å². The normalized spacial score (nSPS) is 24.7. The Labute approximate surface area is 130 Å². The number of rotatable bonds is 7. The van der Waals surface area contributed by atoms with E-state index in [1.807, 2.05) is 0 Å². The standard InChI is InChI=1S/C19H31NO/c1-5-8-17-18-13-16(21-4)10-9-15(18)12-14(7-3)19(17)20-11-6-2/h9-10,13-14,17,19-20H,5-8,11-12H2,1-4H3. The first-order valence-electron chi connectivity index (χ1n) is 8.65. The maximum atomic E-state index is 5.46. The summed E-state index contributed by atoms with van der Waals surface area (Å²) in [6.07, 6.45) is 6.17. The third-order valence-electron chi connectivity index (χ3n) is 4.93. The van der Waals surface area contributed by atoms with E-state index in [0.29, 0.717) is 12.0 Å². The molecule has 0 fully saturated rings. The van der Waals surface area contributed by atoms with E-state index in [9.17, 15) is 0 Å².